The summed E-state index contributed by atoms with van der Waals surface area (Å²) in [4.78, 5) is 14.1. The first kappa shape index (κ1) is 13.0. The second-order valence-electron chi connectivity index (χ2n) is 5.13. The van der Waals surface area contributed by atoms with Crippen molar-refractivity contribution in [3.05, 3.63) is 11.9 Å². The van der Waals surface area contributed by atoms with E-state index in [0.29, 0.717) is 24.2 Å². The van der Waals surface area contributed by atoms with Gasteiger partial charge in [0.05, 0.1) is 12.2 Å². The summed E-state index contributed by atoms with van der Waals surface area (Å²) in [5.74, 6) is 0.435. The zero-order chi connectivity index (χ0) is 13.1. The van der Waals surface area contributed by atoms with Crippen LogP contribution in [0.5, 0.6) is 0 Å². The molecule has 0 bridgehead atoms. The van der Waals surface area contributed by atoms with Crippen molar-refractivity contribution in [3.63, 3.8) is 0 Å². The number of aromatic nitrogens is 3. The van der Waals surface area contributed by atoms with Crippen LogP contribution in [0.2, 0.25) is 0 Å². The molecule has 0 radical (unpaired) electrons. The molecule has 0 aromatic carbocycles. The Hall–Kier alpha value is -1.43. The van der Waals surface area contributed by atoms with E-state index in [0.717, 1.165) is 19.6 Å². The molecule has 1 aromatic heterocycles. The minimum absolute atomic E-state index is 0.0234. The van der Waals surface area contributed by atoms with Gasteiger partial charge in [0.15, 0.2) is 5.69 Å². The van der Waals surface area contributed by atoms with Gasteiger partial charge in [-0.25, -0.2) is 4.68 Å². The van der Waals surface area contributed by atoms with Crippen LogP contribution in [-0.2, 0) is 0 Å². The third kappa shape index (κ3) is 2.69. The molecule has 2 rings (SSSR count). The van der Waals surface area contributed by atoms with Gasteiger partial charge in [-0.3, -0.25) is 4.79 Å². The number of hydrogen-bond donors (Lipinski definition) is 1. The van der Waals surface area contributed by atoms with Crippen molar-refractivity contribution in [3.8, 4) is 0 Å². The van der Waals surface area contributed by atoms with E-state index in [1.165, 1.54) is 0 Å². The minimum Gasteiger partial charge on any atom is -0.337 e. The lowest BCUT2D eigenvalue weighted by molar-refractivity contribution is 0.0739. The van der Waals surface area contributed by atoms with Crippen LogP contribution >= 0.6 is 0 Å². The molecule has 0 atom stereocenters. The molecule has 0 aliphatic carbocycles. The number of nitrogens with zero attached hydrogens (tertiary/aromatic N) is 4. The van der Waals surface area contributed by atoms with Crippen LogP contribution in [0.1, 0.15) is 37.3 Å². The summed E-state index contributed by atoms with van der Waals surface area (Å²) in [7, 11) is 0. The van der Waals surface area contributed by atoms with Crippen molar-refractivity contribution in [2.45, 2.75) is 26.8 Å². The average molecular weight is 251 g/mol. The molecule has 2 heterocycles. The predicted octanol–water partition coefficient (Wildman–Crippen LogP) is 0.540. The molecule has 0 spiro atoms. The van der Waals surface area contributed by atoms with E-state index in [1.807, 2.05) is 11.8 Å². The van der Waals surface area contributed by atoms with Gasteiger partial charge in [0.2, 0.25) is 0 Å². The van der Waals surface area contributed by atoms with Crippen molar-refractivity contribution in [1.29, 1.82) is 0 Å². The van der Waals surface area contributed by atoms with Crippen molar-refractivity contribution in [2.75, 3.05) is 26.2 Å². The molecule has 1 saturated heterocycles. The standard InChI is InChI=1S/C12H21N5O/c1-4-16(7-9(2)3)12(18)11-8-17(15-14-11)10-5-13-6-10/h8-10,13H,4-7H2,1-3H3. The van der Waals surface area contributed by atoms with Crippen molar-refractivity contribution >= 4 is 5.91 Å². The van der Waals surface area contributed by atoms with Crippen LogP contribution in [0, 0.1) is 5.92 Å². The molecule has 0 saturated carbocycles. The summed E-state index contributed by atoms with van der Waals surface area (Å²) < 4.78 is 1.78. The van der Waals surface area contributed by atoms with E-state index < -0.39 is 0 Å². The number of carbonyl (C=O) groups is 1. The van der Waals surface area contributed by atoms with Crippen molar-refractivity contribution in [2.24, 2.45) is 5.92 Å². The number of amides is 1. The van der Waals surface area contributed by atoms with Crippen LogP contribution in [-0.4, -0.2) is 52.0 Å². The van der Waals surface area contributed by atoms with Crippen molar-refractivity contribution < 1.29 is 4.79 Å². The Morgan fingerprint density at radius 3 is 2.83 bits per heavy atom. The fourth-order valence-corrected chi connectivity index (χ4v) is 1.97. The molecule has 1 fully saturated rings. The first-order valence-electron chi connectivity index (χ1n) is 6.53. The lowest BCUT2D eigenvalue weighted by Crippen LogP contribution is -2.43. The number of nitrogens with one attached hydrogen (secondary N) is 1. The van der Waals surface area contributed by atoms with Gasteiger partial charge in [-0.05, 0) is 12.8 Å². The molecule has 1 amide bonds. The topological polar surface area (TPSA) is 63.1 Å². The first-order valence-corrected chi connectivity index (χ1v) is 6.53. The molecule has 1 N–H and O–H groups in total. The summed E-state index contributed by atoms with van der Waals surface area (Å²) in [5, 5.41) is 11.2. The number of rotatable bonds is 5. The van der Waals surface area contributed by atoms with E-state index in [-0.39, 0.29) is 5.91 Å². The summed E-state index contributed by atoms with van der Waals surface area (Å²) in [5.41, 5.74) is 0.449. The van der Waals surface area contributed by atoms with Gasteiger partial charge in [0, 0.05) is 26.2 Å². The molecule has 6 nitrogen and oxygen atoms in total. The monoisotopic (exact) mass is 251 g/mol. The highest BCUT2D eigenvalue weighted by atomic mass is 16.2. The van der Waals surface area contributed by atoms with Gasteiger partial charge in [0.1, 0.15) is 0 Å². The third-order valence-electron chi connectivity index (χ3n) is 3.12. The Bertz CT molecular complexity index is 410. The van der Waals surface area contributed by atoms with Gasteiger partial charge >= 0.3 is 0 Å². The highest BCUT2D eigenvalue weighted by molar-refractivity contribution is 5.91. The molecular formula is C12H21N5O. The maximum absolute atomic E-state index is 12.2. The van der Waals surface area contributed by atoms with Crippen LogP contribution in [0.15, 0.2) is 6.20 Å². The van der Waals surface area contributed by atoms with Gasteiger partial charge in [-0.2, -0.15) is 0 Å². The van der Waals surface area contributed by atoms with Crippen LogP contribution in [0.4, 0.5) is 0 Å². The molecule has 1 aromatic rings. The van der Waals surface area contributed by atoms with Gasteiger partial charge < -0.3 is 10.2 Å². The average Bonchev–Trinajstić information content (AvgIpc) is 2.71. The Balaban J connectivity index is 2.04. The Kier molecular flexibility index (Phi) is 3.96. The van der Waals surface area contributed by atoms with Crippen LogP contribution in [0.3, 0.4) is 0 Å². The quantitative estimate of drug-likeness (QED) is 0.829. The molecule has 1 aliphatic heterocycles. The van der Waals surface area contributed by atoms with E-state index in [2.05, 4.69) is 29.5 Å². The lowest BCUT2D eigenvalue weighted by atomic mass is 10.2. The Morgan fingerprint density at radius 1 is 1.61 bits per heavy atom. The molecule has 100 valence electrons. The summed E-state index contributed by atoms with van der Waals surface area (Å²) >= 11 is 0. The predicted molar refractivity (Wildman–Crippen MR) is 68.3 cm³/mol. The Labute approximate surface area is 107 Å². The molecular weight excluding hydrogens is 230 g/mol. The maximum atomic E-state index is 12.2. The fourth-order valence-electron chi connectivity index (χ4n) is 1.97. The minimum atomic E-state index is -0.0234. The molecule has 6 heteroatoms. The number of hydrogen-bond acceptors (Lipinski definition) is 4. The highest BCUT2D eigenvalue weighted by Gasteiger charge is 2.23. The zero-order valence-electron chi connectivity index (χ0n) is 11.3. The largest absolute Gasteiger partial charge is 0.337 e. The van der Waals surface area contributed by atoms with Crippen molar-refractivity contribution in [1.82, 2.24) is 25.2 Å². The summed E-state index contributed by atoms with van der Waals surface area (Å²) in [6.07, 6.45) is 1.76. The fraction of sp³-hybridized carbons (Fsp3) is 0.750. The molecule has 1 aliphatic rings. The second-order valence-corrected chi connectivity index (χ2v) is 5.13. The normalized spacial score (nSPS) is 15.8. The third-order valence-corrected chi connectivity index (χ3v) is 3.12. The zero-order valence-corrected chi connectivity index (χ0v) is 11.3. The smallest absolute Gasteiger partial charge is 0.276 e. The maximum Gasteiger partial charge on any atom is 0.276 e. The first-order chi connectivity index (χ1) is 8.61. The van der Waals surface area contributed by atoms with E-state index >= 15 is 0 Å². The Morgan fingerprint density at radius 2 is 2.33 bits per heavy atom. The van der Waals surface area contributed by atoms with Crippen LogP contribution < -0.4 is 5.32 Å². The van der Waals surface area contributed by atoms with Gasteiger partial charge in [-0.15, -0.1) is 5.10 Å². The van der Waals surface area contributed by atoms with E-state index in [1.54, 1.807) is 10.9 Å². The van der Waals surface area contributed by atoms with Gasteiger partial charge in [-0.1, -0.05) is 19.1 Å². The second kappa shape index (κ2) is 5.48. The lowest BCUT2D eigenvalue weighted by Gasteiger charge is -2.26. The van der Waals surface area contributed by atoms with Gasteiger partial charge in [0.25, 0.3) is 5.91 Å². The number of carbonyl (C=O) groups excluding carboxylic acids is 1. The summed E-state index contributed by atoms with van der Waals surface area (Å²) in [6, 6.07) is 0.347. The highest BCUT2D eigenvalue weighted by Crippen LogP contribution is 2.11. The molecule has 18 heavy (non-hydrogen) atoms. The summed E-state index contributed by atoms with van der Waals surface area (Å²) in [6.45, 7) is 9.46. The SMILES string of the molecule is CCN(CC(C)C)C(=O)c1cn(C2CNC2)nn1. The van der Waals surface area contributed by atoms with Crippen LogP contribution in [0.25, 0.3) is 0 Å². The van der Waals surface area contributed by atoms with E-state index in [9.17, 15) is 4.79 Å². The molecule has 0 unspecified atom stereocenters. The van der Waals surface area contributed by atoms with E-state index in [4.69, 9.17) is 0 Å².